The summed E-state index contributed by atoms with van der Waals surface area (Å²) in [7, 11) is 1.42. The quantitative estimate of drug-likeness (QED) is 0.505. The second-order valence-electron chi connectivity index (χ2n) is 5.50. The SMILES string of the molecule is C=CCOC(=O)N[C@@H](C)C(=O)N(C)[C@H](C(=O)NCC(=O)O)C(C)C. The van der Waals surface area contributed by atoms with E-state index >= 15 is 0 Å². The second-order valence-corrected chi connectivity index (χ2v) is 5.50. The fourth-order valence-electron chi connectivity index (χ4n) is 2.05. The summed E-state index contributed by atoms with van der Waals surface area (Å²) in [5, 5.41) is 13.2. The van der Waals surface area contributed by atoms with Crippen molar-refractivity contribution in [2.45, 2.75) is 32.9 Å². The van der Waals surface area contributed by atoms with Crippen LogP contribution < -0.4 is 10.6 Å². The van der Waals surface area contributed by atoms with Crippen LogP contribution in [0.2, 0.25) is 0 Å². The van der Waals surface area contributed by atoms with Crippen LogP contribution in [-0.4, -0.2) is 66.2 Å². The lowest BCUT2D eigenvalue weighted by Gasteiger charge is -2.31. The summed E-state index contributed by atoms with van der Waals surface area (Å²) < 4.78 is 4.73. The van der Waals surface area contributed by atoms with Gasteiger partial charge in [0.15, 0.2) is 0 Å². The number of nitrogens with zero attached hydrogens (tertiary/aromatic N) is 1. The van der Waals surface area contributed by atoms with Gasteiger partial charge in [-0.25, -0.2) is 4.79 Å². The number of hydrogen-bond donors (Lipinski definition) is 3. The Labute approximate surface area is 141 Å². The van der Waals surface area contributed by atoms with Crippen molar-refractivity contribution in [2.24, 2.45) is 5.92 Å². The van der Waals surface area contributed by atoms with E-state index in [2.05, 4.69) is 17.2 Å². The number of hydrogen-bond acceptors (Lipinski definition) is 5. The second kappa shape index (κ2) is 10.2. The molecular formula is C15H25N3O6. The first-order valence-electron chi connectivity index (χ1n) is 7.42. The predicted molar refractivity (Wildman–Crippen MR) is 86.2 cm³/mol. The number of carboxylic acid groups (broad SMARTS) is 1. The van der Waals surface area contributed by atoms with Gasteiger partial charge in [-0.05, 0) is 12.8 Å². The lowest BCUT2D eigenvalue weighted by atomic mass is 10.0. The van der Waals surface area contributed by atoms with Crippen LogP contribution in [-0.2, 0) is 19.1 Å². The van der Waals surface area contributed by atoms with Crippen molar-refractivity contribution in [1.82, 2.24) is 15.5 Å². The lowest BCUT2D eigenvalue weighted by molar-refractivity contribution is -0.143. The molecule has 0 saturated carbocycles. The zero-order valence-electron chi connectivity index (χ0n) is 14.4. The Morgan fingerprint density at radius 2 is 1.83 bits per heavy atom. The monoisotopic (exact) mass is 343 g/mol. The summed E-state index contributed by atoms with van der Waals surface area (Å²) in [4.78, 5) is 47.7. The number of amides is 3. The Balaban J connectivity index is 4.88. The summed E-state index contributed by atoms with van der Waals surface area (Å²) in [6, 6.07) is -1.79. The van der Waals surface area contributed by atoms with Gasteiger partial charge in [-0.15, -0.1) is 0 Å². The first-order chi connectivity index (χ1) is 11.1. The number of carboxylic acids is 1. The molecule has 0 aliphatic carbocycles. The van der Waals surface area contributed by atoms with E-state index in [1.54, 1.807) is 13.8 Å². The average Bonchev–Trinajstić information content (AvgIpc) is 2.49. The van der Waals surface area contributed by atoms with E-state index in [-0.39, 0.29) is 12.5 Å². The number of carbonyl (C=O) groups excluding carboxylic acids is 3. The Kier molecular flexibility index (Phi) is 9.14. The van der Waals surface area contributed by atoms with Crippen LogP contribution in [0.4, 0.5) is 4.79 Å². The minimum atomic E-state index is -1.18. The van der Waals surface area contributed by atoms with Crippen molar-refractivity contribution in [2.75, 3.05) is 20.2 Å². The highest BCUT2D eigenvalue weighted by atomic mass is 16.5. The van der Waals surface area contributed by atoms with Crippen LogP contribution in [0.3, 0.4) is 0 Å². The van der Waals surface area contributed by atoms with E-state index in [1.165, 1.54) is 24.9 Å². The first kappa shape index (κ1) is 21.4. The van der Waals surface area contributed by atoms with Crippen LogP contribution in [0.1, 0.15) is 20.8 Å². The number of rotatable bonds is 9. The molecule has 0 radical (unpaired) electrons. The number of carbonyl (C=O) groups is 4. The molecule has 136 valence electrons. The van der Waals surface area contributed by atoms with E-state index in [4.69, 9.17) is 9.84 Å². The predicted octanol–water partition coefficient (Wildman–Crippen LogP) is -0.0291. The van der Waals surface area contributed by atoms with E-state index in [0.717, 1.165) is 0 Å². The molecule has 0 aromatic rings. The number of alkyl carbamates (subject to hydrolysis) is 1. The molecule has 0 spiro atoms. The summed E-state index contributed by atoms with van der Waals surface area (Å²) in [5.41, 5.74) is 0. The van der Waals surface area contributed by atoms with Gasteiger partial charge >= 0.3 is 12.1 Å². The maximum absolute atomic E-state index is 12.4. The molecule has 0 rings (SSSR count). The molecule has 9 nitrogen and oxygen atoms in total. The highest BCUT2D eigenvalue weighted by Gasteiger charge is 2.32. The van der Waals surface area contributed by atoms with E-state index < -0.39 is 42.5 Å². The van der Waals surface area contributed by atoms with Crippen molar-refractivity contribution in [3.63, 3.8) is 0 Å². The third kappa shape index (κ3) is 7.12. The van der Waals surface area contributed by atoms with E-state index in [0.29, 0.717) is 0 Å². The molecule has 0 saturated heterocycles. The van der Waals surface area contributed by atoms with Crippen LogP contribution in [0, 0.1) is 5.92 Å². The molecule has 0 unspecified atom stereocenters. The summed E-state index contributed by atoms with van der Waals surface area (Å²) in [6.45, 7) is 7.79. The first-order valence-corrected chi connectivity index (χ1v) is 7.42. The molecule has 3 N–H and O–H groups in total. The highest BCUT2D eigenvalue weighted by molar-refractivity contribution is 5.92. The van der Waals surface area contributed by atoms with Gasteiger partial charge in [0, 0.05) is 7.05 Å². The molecular weight excluding hydrogens is 318 g/mol. The van der Waals surface area contributed by atoms with E-state index in [9.17, 15) is 19.2 Å². The van der Waals surface area contributed by atoms with Crippen LogP contribution >= 0.6 is 0 Å². The molecule has 0 aromatic carbocycles. The third-order valence-electron chi connectivity index (χ3n) is 3.12. The zero-order chi connectivity index (χ0) is 18.9. The van der Waals surface area contributed by atoms with Gasteiger partial charge in [0.2, 0.25) is 11.8 Å². The molecule has 0 aliphatic heterocycles. The summed E-state index contributed by atoms with van der Waals surface area (Å²) >= 11 is 0. The van der Waals surface area contributed by atoms with Crippen molar-refractivity contribution in [3.8, 4) is 0 Å². The number of aliphatic carboxylic acids is 1. The minimum absolute atomic E-state index is 0.00873. The largest absolute Gasteiger partial charge is 0.480 e. The smallest absolute Gasteiger partial charge is 0.408 e. The maximum atomic E-state index is 12.4. The van der Waals surface area contributed by atoms with Gasteiger partial charge < -0.3 is 25.4 Å². The lowest BCUT2D eigenvalue weighted by Crippen LogP contribution is -2.55. The highest BCUT2D eigenvalue weighted by Crippen LogP contribution is 2.11. The standard InChI is InChI=1S/C15H25N3O6/c1-6-7-24-15(23)17-10(4)14(22)18(5)12(9(2)3)13(21)16-8-11(19)20/h6,9-10,12H,1,7-8H2,2-5H3,(H,16,21)(H,17,23)(H,19,20)/t10-,12-/m0/s1. The molecule has 0 bridgehead atoms. The van der Waals surface area contributed by atoms with Gasteiger partial charge in [0.25, 0.3) is 0 Å². The van der Waals surface area contributed by atoms with Crippen LogP contribution in [0.15, 0.2) is 12.7 Å². The van der Waals surface area contributed by atoms with Crippen molar-refractivity contribution in [1.29, 1.82) is 0 Å². The number of nitrogens with one attached hydrogen (secondary N) is 2. The molecule has 3 amide bonds. The van der Waals surface area contributed by atoms with Gasteiger partial charge in [0.1, 0.15) is 25.2 Å². The molecule has 2 atom stereocenters. The molecule has 0 aromatic heterocycles. The van der Waals surface area contributed by atoms with E-state index in [1.807, 2.05) is 0 Å². The van der Waals surface area contributed by atoms with Gasteiger partial charge in [-0.2, -0.15) is 0 Å². The Morgan fingerprint density at radius 1 is 1.25 bits per heavy atom. The van der Waals surface area contributed by atoms with Crippen molar-refractivity contribution in [3.05, 3.63) is 12.7 Å². The minimum Gasteiger partial charge on any atom is -0.480 e. The molecule has 0 heterocycles. The molecule has 0 fully saturated rings. The van der Waals surface area contributed by atoms with Gasteiger partial charge in [-0.3, -0.25) is 14.4 Å². The van der Waals surface area contributed by atoms with Gasteiger partial charge in [0.05, 0.1) is 0 Å². The van der Waals surface area contributed by atoms with Crippen LogP contribution in [0.5, 0.6) is 0 Å². The fourth-order valence-corrected chi connectivity index (χ4v) is 2.05. The summed E-state index contributed by atoms with van der Waals surface area (Å²) in [5.74, 6) is -2.52. The topological polar surface area (TPSA) is 125 Å². The summed E-state index contributed by atoms with van der Waals surface area (Å²) in [6.07, 6.45) is 0.611. The molecule has 9 heteroatoms. The Hall–Kier alpha value is -2.58. The number of likely N-dealkylation sites (N-methyl/N-ethyl adjacent to an activating group) is 1. The van der Waals surface area contributed by atoms with Crippen LogP contribution in [0.25, 0.3) is 0 Å². The zero-order valence-corrected chi connectivity index (χ0v) is 14.4. The van der Waals surface area contributed by atoms with Crippen molar-refractivity contribution >= 4 is 23.9 Å². The Morgan fingerprint density at radius 3 is 2.29 bits per heavy atom. The molecule has 0 aliphatic rings. The normalized spacial score (nSPS) is 12.7. The van der Waals surface area contributed by atoms with Gasteiger partial charge in [-0.1, -0.05) is 26.5 Å². The molecule has 24 heavy (non-hydrogen) atoms. The number of ether oxygens (including phenoxy) is 1. The average molecular weight is 343 g/mol. The fraction of sp³-hybridized carbons (Fsp3) is 0.600. The third-order valence-corrected chi connectivity index (χ3v) is 3.12. The Bertz CT molecular complexity index is 492. The maximum Gasteiger partial charge on any atom is 0.408 e. The van der Waals surface area contributed by atoms with Crippen molar-refractivity contribution < 1.29 is 29.0 Å².